The largest absolute Gasteiger partial charge is 0.478 e. The van der Waals surface area contributed by atoms with Gasteiger partial charge in [0.25, 0.3) is 0 Å². The second-order valence-corrected chi connectivity index (χ2v) is 5.09. The molecule has 2 heteroatoms. The molecule has 1 N–H and O–H groups in total. The number of aromatic carboxylic acids is 1. The Balaban J connectivity index is 2.67. The molecule has 0 heterocycles. The molecular weight excluding hydrogens is 236 g/mol. The minimum atomic E-state index is -0.886. The van der Waals surface area contributed by atoms with E-state index in [1.807, 2.05) is 13.0 Å². The van der Waals surface area contributed by atoms with E-state index in [4.69, 9.17) is 5.11 Å². The van der Waals surface area contributed by atoms with Crippen LogP contribution in [0.5, 0.6) is 0 Å². The summed E-state index contributed by atoms with van der Waals surface area (Å²) in [5.74, 6) is -0.886. The highest BCUT2D eigenvalue weighted by Crippen LogP contribution is 2.29. The van der Waals surface area contributed by atoms with E-state index < -0.39 is 5.97 Å². The van der Waals surface area contributed by atoms with Crippen LogP contribution < -0.4 is 0 Å². The fourth-order valence-corrected chi connectivity index (χ4v) is 2.30. The van der Waals surface area contributed by atoms with Crippen molar-refractivity contribution in [3.05, 3.63) is 58.1 Å². The molecule has 2 aromatic rings. The number of carbonyl (C=O) groups is 1. The topological polar surface area (TPSA) is 37.3 Å². The molecule has 2 aromatic carbocycles. The van der Waals surface area contributed by atoms with Crippen molar-refractivity contribution in [1.82, 2.24) is 0 Å². The van der Waals surface area contributed by atoms with Gasteiger partial charge in [-0.05, 0) is 73.2 Å². The minimum absolute atomic E-state index is 0.332. The number of hydrogen-bond donors (Lipinski definition) is 1. The van der Waals surface area contributed by atoms with Crippen LogP contribution in [0.2, 0.25) is 0 Å². The number of aryl methyl sites for hydroxylation is 4. The van der Waals surface area contributed by atoms with Gasteiger partial charge in [0.05, 0.1) is 5.56 Å². The minimum Gasteiger partial charge on any atom is -0.478 e. The molecule has 2 rings (SSSR count). The second-order valence-electron chi connectivity index (χ2n) is 5.09. The summed E-state index contributed by atoms with van der Waals surface area (Å²) in [6, 6.07) is 9.57. The van der Waals surface area contributed by atoms with Gasteiger partial charge in [0, 0.05) is 0 Å². The van der Waals surface area contributed by atoms with Gasteiger partial charge in [0.1, 0.15) is 0 Å². The highest BCUT2D eigenvalue weighted by molar-refractivity contribution is 5.90. The summed E-state index contributed by atoms with van der Waals surface area (Å²) in [6.07, 6.45) is 0. The second kappa shape index (κ2) is 4.88. The van der Waals surface area contributed by atoms with Crippen LogP contribution >= 0.6 is 0 Å². The van der Waals surface area contributed by atoms with Crippen molar-refractivity contribution in [2.75, 3.05) is 0 Å². The van der Waals surface area contributed by atoms with Crippen LogP contribution in [0, 0.1) is 27.7 Å². The van der Waals surface area contributed by atoms with Crippen LogP contribution in [-0.4, -0.2) is 11.1 Å². The fraction of sp³-hybridized carbons (Fsp3) is 0.235. The monoisotopic (exact) mass is 254 g/mol. The zero-order chi connectivity index (χ0) is 14.2. The van der Waals surface area contributed by atoms with E-state index in [2.05, 4.69) is 32.9 Å². The Morgan fingerprint density at radius 3 is 2.00 bits per heavy atom. The van der Waals surface area contributed by atoms with Gasteiger partial charge in [-0.15, -0.1) is 0 Å². The molecule has 0 atom stereocenters. The average Bonchev–Trinajstić information content (AvgIpc) is 2.34. The maximum atomic E-state index is 11.1. The quantitative estimate of drug-likeness (QED) is 0.868. The number of hydrogen-bond acceptors (Lipinski definition) is 1. The third-order valence-corrected chi connectivity index (χ3v) is 3.62. The van der Waals surface area contributed by atoms with Gasteiger partial charge < -0.3 is 5.11 Å². The lowest BCUT2D eigenvalue weighted by Gasteiger charge is -2.13. The van der Waals surface area contributed by atoms with Crippen LogP contribution in [0.4, 0.5) is 0 Å². The third-order valence-electron chi connectivity index (χ3n) is 3.62. The Kier molecular flexibility index (Phi) is 3.43. The Morgan fingerprint density at radius 2 is 1.37 bits per heavy atom. The van der Waals surface area contributed by atoms with Crippen molar-refractivity contribution in [2.24, 2.45) is 0 Å². The molecule has 2 nitrogen and oxygen atoms in total. The molecule has 0 radical (unpaired) electrons. The molecule has 0 aliphatic carbocycles. The molecule has 0 unspecified atom stereocenters. The van der Waals surface area contributed by atoms with Gasteiger partial charge in [0.2, 0.25) is 0 Å². The Bertz CT molecular complexity index is 655. The number of carboxylic acids is 1. The van der Waals surface area contributed by atoms with E-state index in [9.17, 15) is 4.79 Å². The molecule has 0 saturated heterocycles. The van der Waals surface area contributed by atoms with E-state index >= 15 is 0 Å². The SMILES string of the molecule is Cc1cc(C)c(-c2cc(C(=O)O)ccc2C)cc1C. The van der Waals surface area contributed by atoms with Gasteiger partial charge in [-0.2, -0.15) is 0 Å². The zero-order valence-corrected chi connectivity index (χ0v) is 11.7. The van der Waals surface area contributed by atoms with Crippen LogP contribution in [0.15, 0.2) is 30.3 Å². The van der Waals surface area contributed by atoms with E-state index in [1.165, 1.54) is 16.7 Å². The average molecular weight is 254 g/mol. The summed E-state index contributed by atoms with van der Waals surface area (Å²) in [5, 5.41) is 9.12. The first-order chi connectivity index (χ1) is 8.90. The van der Waals surface area contributed by atoms with Crippen molar-refractivity contribution in [2.45, 2.75) is 27.7 Å². The molecule has 0 saturated carbocycles. The summed E-state index contributed by atoms with van der Waals surface area (Å²) in [7, 11) is 0. The molecule has 0 fully saturated rings. The lowest BCUT2D eigenvalue weighted by atomic mass is 9.92. The first-order valence-electron chi connectivity index (χ1n) is 6.32. The molecule has 19 heavy (non-hydrogen) atoms. The zero-order valence-electron chi connectivity index (χ0n) is 11.7. The number of rotatable bonds is 2. The molecule has 0 aliphatic heterocycles. The molecule has 0 amide bonds. The van der Waals surface area contributed by atoms with Crippen molar-refractivity contribution >= 4 is 5.97 Å². The van der Waals surface area contributed by atoms with Gasteiger partial charge in [-0.25, -0.2) is 4.79 Å². The number of benzene rings is 2. The highest BCUT2D eigenvalue weighted by atomic mass is 16.4. The lowest BCUT2D eigenvalue weighted by molar-refractivity contribution is 0.0697. The van der Waals surface area contributed by atoms with Gasteiger partial charge in [-0.1, -0.05) is 18.2 Å². The van der Waals surface area contributed by atoms with Crippen molar-refractivity contribution in [3.63, 3.8) is 0 Å². The van der Waals surface area contributed by atoms with E-state index in [1.54, 1.807) is 12.1 Å². The van der Waals surface area contributed by atoms with Crippen LogP contribution in [0.1, 0.15) is 32.6 Å². The van der Waals surface area contributed by atoms with Crippen LogP contribution in [0.25, 0.3) is 11.1 Å². The van der Waals surface area contributed by atoms with E-state index in [0.29, 0.717) is 5.56 Å². The predicted octanol–water partition coefficient (Wildman–Crippen LogP) is 4.29. The smallest absolute Gasteiger partial charge is 0.335 e. The van der Waals surface area contributed by atoms with Crippen LogP contribution in [0.3, 0.4) is 0 Å². The lowest BCUT2D eigenvalue weighted by Crippen LogP contribution is -1.98. The van der Waals surface area contributed by atoms with E-state index in [0.717, 1.165) is 16.7 Å². The summed E-state index contributed by atoms with van der Waals surface area (Å²) >= 11 is 0. The Hall–Kier alpha value is -2.09. The number of carboxylic acid groups (broad SMARTS) is 1. The van der Waals surface area contributed by atoms with Crippen molar-refractivity contribution < 1.29 is 9.90 Å². The summed E-state index contributed by atoms with van der Waals surface area (Å²) < 4.78 is 0. The molecule has 0 bridgehead atoms. The summed E-state index contributed by atoms with van der Waals surface area (Å²) in [4.78, 5) is 11.1. The molecule has 0 aromatic heterocycles. The van der Waals surface area contributed by atoms with Crippen molar-refractivity contribution in [3.8, 4) is 11.1 Å². The normalized spacial score (nSPS) is 10.5. The molecule has 0 aliphatic rings. The van der Waals surface area contributed by atoms with E-state index in [-0.39, 0.29) is 0 Å². The summed E-state index contributed by atoms with van der Waals surface area (Å²) in [6.45, 7) is 8.24. The van der Waals surface area contributed by atoms with Crippen LogP contribution in [-0.2, 0) is 0 Å². The van der Waals surface area contributed by atoms with Crippen molar-refractivity contribution in [1.29, 1.82) is 0 Å². The predicted molar refractivity (Wildman–Crippen MR) is 77.8 cm³/mol. The maximum absolute atomic E-state index is 11.1. The highest BCUT2D eigenvalue weighted by Gasteiger charge is 2.10. The summed E-state index contributed by atoms with van der Waals surface area (Å²) in [5.41, 5.74) is 7.20. The first-order valence-corrected chi connectivity index (χ1v) is 6.32. The standard InChI is InChI=1S/C17H18O2/c1-10-5-6-14(17(18)19)9-16(10)15-8-12(3)11(2)7-13(15)4/h5-9H,1-4H3,(H,18,19). The molecule has 0 spiro atoms. The molecular formula is C17H18O2. The fourth-order valence-electron chi connectivity index (χ4n) is 2.30. The Labute approximate surface area is 113 Å². The first kappa shape index (κ1) is 13.3. The Morgan fingerprint density at radius 1 is 0.789 bits per heavy atom. The maximum Gasteiger partial charge on any atom is 0.335 e. The molecule has 98 valence electrons. The van der Waals surface area contributed by atoms with Gasteiger partial charge >= 0.3 is 5.97 Å². The third kappa shape index (κ3) is 2.53. The van der Waals surface area contributed by atoms with Gasteiger partial charge in [-0.3, -0.25) is 0 Å². The van der Waals surface area contributed by atoms with Gasteiger partial charge in [0.15, 0.2) is 0 Å².